The topological polar surface area (TPSA) is 26.8 Å². The first-order valence-electron chi connectivity index (χ1n) is 9.60. The molecule has 2 heterocycles. The Kier molecular flexibility index (Phi) is 6.24. The zero-order chi connectivity index (χ0) is 18.7. The van der Waals surface area contributed by atoms with Gasteiger partial charge in [-0.05, 0) is 43.9 Å². The zero-order valence-electron chi connectivity index (χ0n) is 15.8. The lowest BCUT2D eigenvalue weighted by Crippen LogP contribution is -2.51. The van der Waals surface area contributed by atoms with Gasteiger partial charge in [-0.25, -0.2) is 8.78 Å². The number of carbonyl (C=O) groups excluding carboxylic acids is 1. The van der Waals surface area contributed by atoms with Gasteiger partial charge in [0.15, 0.2) is 0 Å². The second kappa shape index (κ2) is 8.44. The molecule has 6 heteroatoms. The molecule has 0 N–H and O–H groups in total. The van der Waals surface area contributed by atoms with Crippen LogP contribution in [0.1, 0.15) is 32.3 Å². The number of halogens is 2. The van der Waals surface area contributed by atoms with Gasteiger partial charge in [-0.3, -0.25) is 9.69 Å². The quantitative estimate of drug-likeness (QED) is 0.803. The minimum atomic E-state index is -0.514. The van der Waals surface area contributed by atoms with Crippen LogP contribution >= 0.6 is 0 Å². The number of hydrogen-bond acceptors (Lipinski definition) is 3. The van der Waals surface area contributed by atoms with Gasteiger partial charge < -0.3 is 9.80 Å². The molecule has 0 saturated carbocycles. The van der Waals surface area contributed by atoms with Gasteiger partial charge in [-0.2, -0.15) is 0 Å². The Morgan fingerprint density at radius 3 is 2.27 bits per heavy atom. The third kappa shape index (κ3) is 5.01. The van der Waals surface area contributed by atoms with Crippen molar-refractivity contribution in [3.8, 4) is 0 Å². The average molecular weight is 365 g/mol. The van der Waals surface area contributed by atoms with E-state index in [4.69, 9.17) is 0 Å². The van der Waals surface area contributed by atoms with E-state index in [1.807, 2.05) is 4.90 Å². The van der Waals surface area contributed by atoms with Crippen LogP contribution in [0, 0.1) is 17.6 Å². The van der Waals surface area contributed by atoms with Crippen LogP contribution < -0.4 is 0 Å². The van der Waals surface area contributed by atoms with Crippen molar-refractivity contribution in [2.45, 2.75) is 39.3 Å². The molecule has 0 spiro atoms. The lowest BCUT2D eigenvalue weighted by Gasteiger charge is -2.40. The third-order valence-corrected chi connectivity index (χ3v) is 5.47. The molecule has 1 aromatic rings. The number of likely N-dealkylation sites (tertiary alicyclic amines) is 1. The molecular formula is C20H29F2N3O. The van der Waals surface area contributed by atoms with E-state index >= 15 is 0 Å². The van der Waals surface area contributed by atoms with E-state index in [1.54, 1.807) is 0 Å². The molecule has 2 saturated heterocycles. The van der Waals surface area contributed by atoms with Crippen LogP contribution in [0.3, 0.4) is 0 Å². The van der Waals surface area contributed by atoms with Crippen molar-refractivity contribution in [2.24, 2.45) is 5.92 Å². The van der Waals surface area contributed by atoms with E-state index in [-0.39, 0.29) is 11.9 Å². The monoisotopic (exact) mass is 365 g/mol. The normalized spacial score (nSPS) is 23.0. The Bertz CT molecular complexity index is 609. The number of benzene rings is 1. The van der Waals surface area contributed by atoms with Gasteiger partial charge in [0.2, 0.25) is 5.91 Å². The summed E-state index contributed by atoms with van der Waals surface area (Å²) < 4.78 is 26.7. The number of hydrogen-bond donors (Lipinski definition) is 0. The average Bonchev–Trinajstić information content (AvgIpc) is 2.57. The summed E-state index contributed by atoms with van der Waals surface area (Å²) in [5, 5.41) is 0. The summed E-state index contributed by atoms with van der Waals surface area (Å²) in [6.07, 6.45) is 1.64. The van der Waals surface area contributed by atoms with E-state index in [0.29, 0.717) is 24.4 Å². The van der Waals surface area contributed by atoms with E-state index in [9.17, 15) is 13.6 Å². The summed E-state index contributed by atoms with van der Waals surface area (Å²) >= 11 is 0. The Morgan fingerprint density at radius 2 is 1.65 bits per heavy atom. The van der Waals surface area contributed by atoms with Gasteiger partial charge in [0.1, 0.15) is 11.6 Å². The molecule has 26 heavy (non-hydrogen) atoms. The fourth-order valence-corrected chi connectivity index (χ4v) is 4.05. The summed E-state index contributed by atoms with van der Waals surface area (Å²) in [7, 11) is 0. The van der Waals surface area contributed by atoms with Gasteiger partial charge in [0.25, 0.3) is 0 Å². The second-order valence-electron chi connectivity index (χ2n) is 7.90. The summed E-state index contributed by atoms with van der Waals surface area (Å²) in [5.41, 5.74) is 0.689. The standard InChI is InChI=1S/C20H29F2N3O/c1-15(2)25-14-16(3-4-20(25)26)12-23-5-7-24(8-6-23)13-17-9-18(21)11-19(22)10-17/h9-11,15-16H,3-8,12-14H2,1-2H3. The van der Waals surface area contributed by atoms with Gasteiger partial charge in [0, 0.05) is 64.3 Å². The highest BCUT2D eigenvalue weighted by Crippen LogP contribution is 2.21. The lowest BCUT2D eigenvalue weighted by atomic mass is 9.95. The summed E-state index contributed by atoms with van der Waals surface area (Å²) in [4.78, 5) is 18.7. The lowest BCUT2D eigenvalue weighted by molar-refractivity contribution is -0.137. The first-order valence-corrected chi connectivity index (χ1v) is 9.60. The maximum atomic E-state index is 13.3. The van der Waals surface area contributed by atoms with Crippen LogP contribution in [0.5, 0.6) is 0 Å². The maximum absolute atomic E-state index is 13.3. The van der Waals surface area contributed by atoms with E-state index in [2.05, 4.69) is 23.6 Å². The number of nitrogens with zero attached hydrogens (tertiary/aromatic N) is 3. The van der Waals surface area contributed by atoms with Gasteiger partial charge in [0.05, 0.1) is 0 Å². The molecule has 144 valence electrons. The van der Waals surface area contributed by atoms with Crippen molar-refractivity contribution < 1.29 is 13.6 Å². The molecule has 4 nitrogen and oxygen atoms in total. The second-order valence-corrected chi connectivity index (χ2v) is 7.90. The molecule has 1 amide bonds. The van der Waals surface area contributed by atoms with Crippen LogP contribution in [-0.2, 0) is 11.3 Å². The number of carbonyl (C=O) groups is 1. The SMILES string of the molecule is CC(C)N1CC(CN2CCN(Cc3cc(F)cc(F)c3)CC2)CCC1=O. The molecule has 3 rings (SSSR count). The number of piperidine rings is 1. The molecule has 0 bridgehead atoms. The Labute approximate surface area is 154 Å². The minimum Gasteiger partial charge on any atom is -0.340 e. The molecule has 1 aromatic carbocycles. The molecular weight excluding hydrogens is 336 g/mol. The van der Waals surface area contributed by atoms with Crippen molar-refractivity contribution >= 4 is 5.91 Å². The fourth-order valence-electron chi connectivity index (χ4n) is 4.05. The molecule has 2 aliphatic heterocycles. The molecule has 1 unspecified atom stereocenters. The van der Waals surface area contributed by atoms with Crippen LogP contribution in [0.25, 0.3) is 0 Å². The molecule has 2 aliphatic rings. The highest BCUT2D eigenvalue weighted by atomic mass is 19.1. The summed E-state index contributed by atoms with van der Waals surface area (Å²) in [5.74, 6) is -0.206. The van der Waals surface area contributed by atoms with Gasteiger partial charge in [-0.15, -0.1) is 0 Å². The van der Waals surface area contributed by atoms with Crippen molar-refractivity contribution in [1.82, 2.24) is 14.7 Å². The van der Waals surface area contributed by atoms with Gasteiger partial charge in [-0.1, -0.05) is 0 Å². The van der Waals surface area contributed by atoms with Crippen LogP contribution in [0.4, 0.5) is 8.78 Å². The van der Waals surface area contributed by atoms with Crippen molar-refractivity contribution in [3.05, 3.63) is 35.4 Å². The predicted molar refractivity (Wildman–Crippen MR) is 97.6 cm³/mol. The van der Waals surface area contributed by atoms with Crippen LogP contribution in [-0.4, -0.2) is 65.9 Å². The predicted octanol–water partition coefficient (Wildman–Crippen LogP) is 2.73. The third-order valence-electron chi connectivity index (χ3n) is 5.47. The summed E-state index contributed by atoms with van der Waals surface area (Å²) in [6, 6.07) is 4.01. The summed E-state index contributed by atoms with van der Waals surface area (Å²) in [6.45, 7) is 10.4. The van der Waals surface area contributed by atoms with Crippen LogP contribution in [0.15, 0.2) is 18.2 Å². The van der Waals surface area contributed by atoms with E-state index in [0.717, 1.165) is 51.8 Å². The molecule has 2 fully saturated rings. The smallest absolute Gasteiger partial charge is 0.222 e. The number of piperazine rings is 1. The first-order chi connectivity index (χ1) is 12.4. The highest BCUT2D eigenvalue weighted by molar-refractivity contribution is 5.77. The Morgan fingerprint density at radius 1 is 1.04 bits per heavy atom. The van der Waals surface area contributed by atoms with E-state index < -0.39 is 11.6 Å². The van der Waals surface area contributed by atoms with E-state index in [1.165, 1.54) is 12.1 Å². The van der Waals surface area contributed by atoms with Crippen molar-refractivity contribution in [3.63, 3.8) is 0 Å². The zero-order valence-corrected chi connectivity index (χ0v) is 15.8. The van der Waals surface area contributed by atoms with Crippen molar-refractivity contribution in [2.75, 3.05) is 39.3 Å². The molecule has 1 atom stereocenters. The maximum Gasteiger partial charge on any atom is 0.222 e. The number of amides is 1. The van der Waals surface area contributed by atoms with Crippen LogP contribution in [0.2, 0.25) is 0 Å². The highest BCUT2D eigenvalue weighted by Gasteiger charge is 2.29. The van der Waals surface area contributed by atoms with Crippen molar-refractivity contribution in [1.29, 1.82) is 0 Å². The Balaban J connectivity index is 1.46. The molecule has 0 aromatic heterocycles. The largest absolute Gasteiger partial charge is 0.340 e. The minimum absolute atomic E-state index is 0.272. The fraction of sp³-hybridized carbons (Fsp3) is 0.650. The molecule has 0 aliphatic carbocycles. The Hall–Kier alpha value is -1.53. The molecule has 0 radical (unpaired) electrons. The van der Waals surface area contributed by atoms with Gasteiger partial charge >= 0.3 is 0 Å². The number of rotatable bonds is 5. The first kappa shape index (κ1) is 19.2.